The zero-order valence-corrected chi connectivity index (χ0v) is 13.1. The molecule has 1 N–H and O–H groups in total. The summed E-state index contributed by atoms with van der Waals surface area (Å²) < 4.78 is 0. The molecule has 1 rings (SSSR count). The van der Waals surface area contributed by atoms with Crippen molar-refractivity contribution in [3.05, 3.63) is 11.4 Å². The van der Waals surface area contributed by atoms with Crippen molar-refractivity contribution in [2.75, 3.05) is 36.3 Å². The topological polar surface area (TPSA) is 41.1 Å². The molecule has 0 aliphatic heterocycles. The fourth-order valence-corrected chi connectivity index (χ4v) is 2.47. The van der Waals surface area contributed by atoms with Crippen LogP contribution in [0, 0.1) is 13.8 Å². The Morgan fingerprint density at radius 1 is 1.33 bits per heavy atom. The van der Waals surface area contributed by atoms with E-state index in [4.69, 9.17) is 0 Å². The summed E-state index contributed by atoms with van der Waals surface area (Å²) >= 11 is 1.89. The molecule has 5 heteroatoms. The smallest absolute Gasteiger partial charge is 0.137 e. The predicted molar refractivity (Wildman–Crippen MR) is 81.9 cm³/mol. The van der Waals surface area contributed by atoms with Gasteiger partial charge in [0.2, 0.25) is 0 Å². The fraction of sp³-hybridized carbons (Fsp3) is 0.692. The Balaban J connectivity index is 2.97. The number of rotatable bonds is 6. The molecule has 102 valence electrons. The molecule has 1 aromatic rings. The van der Waals surface area contributed by atoms with E-state index < -0.39 is 0 Å². The molecule has 18 heavy (non-hydrogen) atoms. The van der Waals surface area contributed by atoms with Crippen molar-refractivity contribution in [3.8, 4) is 0 Å². The van der Waals surface area contributed by atoms with Gasteiger partial charge in [0.1, 0.15) is 17.5 Å². The minimum Gasteiger partial charge on any atom is -0.373 e. The molecule has 0 bridgehead atoms. The van der Waals surface area contributed by atoms with Crippen molar-refractivity contribution in [2.24, 2.45) is 0 Å². The molecule has 0 aromatic carbocycles. The van der Waals surface area contributed by atoms with Gasteiger partial charge in [-0.1, -0.05) is 0 Å². The summed E-state index contributed by atoms with van der Waals surface area (Å²) in [5.74, 6) is 3.93. The van der Waals surface area contributed by atoms with Crippen LogP contribution in [0.25, 0.3) is 0 Å². The largest absolute Gasteiger partial charge is 0.373 e. The van der Waals surface area contributed by atoms with Crippen molar-refractivity contribution in [1.29, 1.82) is 0 Å². The Bertz CT molecular complexity index is 395. The highest BCUT2D eigenvalue weighted by atomic mass is 32.2. The number of thioether (sulfide) groups is 1. The maximum Gasteiger partial charge on any atom is 0.137 e. The van der Waals surface area contributed by atoms with E-state index in [1.54, 1.807) is 0 Å². The Morgan fingerprint density at radius 3 is 2.56 bits per heavy atom. The van der Waals surface area contributed by atoms with Crippen LogP contribution >= 0.6 is 11.8 Å². The maximum absolute atomic E-state index is 4.58. The molecule has 0 aliphatic rings. The van der Waals surface area contributed by atoms with Gasteiger partial charge in [-0.15, -0.1) is 0 Å². The van der Waals surface area contributed by atoms with Gasteiger partial charge in [0.15, 0.2) is 0 Å². The SMILES string of the molecule is CNc1nc(C)nc(N(C)C(C)CCSC)c1C. The van der Waals surface area contributed by atoms with Crippen molar-refractivity contribution >= 4 is 23.4 Å². The van der Waals surface area contributed by atoms with Gasteiger partial charge in [-0.3, -0.25) is 0 Å². The van der Waals surface area contributed by atoms with Crippen LogP contribution in [0.15, 0.2) is 0 Å². The summed E-state index contributed by atoms with van der Waals surface area (Å²) in [5.41, 5.74) is 1.11. The van der Waals surface area contributed by atoms with Crippen LogP contribution in [0.3, 0.4) is 0 Å². The summed E-state index contributed by atoms with van der Waals surface area (Å²) in [5, 5.41) is 3.13. The number of hydrogen-bond donors (Lipinski definition) is 1. The molecule has 1 atom stereocenters. The second kappa shape index (κ2) is 6.83. The molecule has 0 saturated heterocycles. The number of aryl methyl sites for hydroxylation is 1. The number of aromatic nitrogens is 2. The van der Waals surface area contributed by atoms with Crippen LogP contribution in [-0.2, 0) is 0 Å². The quantitative estimate of drug-likeness (QED) is 0.859. The molecule has 0 aliphatic carbocycles. The molecule has 0 spiro atoms. The van der Waals surface area contributed by atoms with Gasteiger partial charge >= 0.3 is 0 Å². The minimum atomic E-state index is 0.482. The minimum absolute atomic E-state index is 0.482. The van der Waals surface area contributed by atoms with Crippen LogP contribution in [-0.4, -0.2) is 42.1 Å². The number of nitrogens with zero attached hydrogens (tertiary/aromatic N) is 3. The van der Waals surface area contributed by atoms with E-state index in [0.717, 1.165) is 29.4 Å². The van der Waals surface area contributed by atoms with Crippen molar-refractivity contribution in [2.45, 2.75) is 33.2 Å². The second-order valence-electron chi connectivity index (χ2n) is 4.56. The summed E-state index contributed by atoms with van der Waals surface area (Å²) in [6, 6.07) is 0.482. The Labute approximate surface area is 115 Å². The van der Waals surface area contributed by atoms with Crippen LogP contribution < -0.4 is 10.2 Å². The lowest BCUT2D eigenvalue weighted by Crippen LogP contribution is -2.31. The first kappa shape index (κ1) is 15.1. The first-order chi connectivity index (χ1) is 8.51. The standard InChI is InChI=1S/C13H24N4S/c1-9(7-8-18-6)17(5)13-10(2)12(14-4)15-11(3)16-13/h9H,7-8H2,1-6H3,(H,14,15,16). The summed E-state index contributed by atoms with van der Waals surface area (Å²) in [7, 11) is 4.01. The van der Waals surface area contributed by atoms with Gasteiger partial charge in [-0.2, -0.15) is 11.8 Å². The summed E-state index contributed by atoms with van der Waals surface area (Å²) in [6.45, 7) is 6.24. The number of hydrogen-bond acceptors (Lipinski definition) is 5. The Kier molecular flexibility index (Phi) is 5.72. The second-order valence-corrected chi connectivity index (χ2v) is 5.55. The zero-order chi connectivity index (χ0) is 13.7. The third kappa shape index (κ3) is 3.51. The molecule has 0 radical (unpaired) electrons. The Morgan fingerprint density at radius 2 is 2.00 bits per heavy atom. The maximum atomic E-state index is 4.58. The van der Waals surface area contributed by atoms with E-state index in [9.17, 15) is 0 Å². The molecule has 1 aromatic heterocycles. The van der Waals surface area contributed by atoms with Gasteiger partial charge in [0.25, 0.3) is 0 Å². The average molecular weight is 268 g/mol. The van der Waals surface area contributed by atoms with Crippen molar-refractivity contribution in [3.63, 3.8) is 0 Å². The van der Waals surface area contributed by atoms with Crippen LogP contribution in [0.1, 0.15) is 24.7 Å². The number of nitrogens with one attached hydrogen (secondary N) is 1. The monoisotopic (exact) mass is 268 g/mol. The fourth-order valence-electron chi connectivity index (χ4n) is 1.89. The Hall–Kier alpha value is -0.970. The third-order valence-electron chi connectivity index (χ3n) is 3.20. The van der Waals surface area contributed by atoms with E-state index in [0.29, 0.717) is 6.04 Å². The molecule has 1 heterocycles. The van der Waals surface area contributed by atoms with Gasteiger partial charge < -0.3 is 10.2 Å². The van der Waals surface area contributed by atoms with Gasteiger partial charge in [-0.05, 0) is 39.2 Å². The van der Waals surface area contributed by atoms with Crippen molar-refractivity contribution < 1.29 is 0 Å². The van der Waals surface area contributed by atoms with E-state index in [-0.39, 0.29) is 0 Å². The van der Waals surface area contributed by atoms with Crippen LogP contribution in [0.4, 0.5) is 11.6 Å². The van der Waals surface area contributed by atoms with E-state index >= 15 is 0 Å². The molecule has 0 fully saturated rings. The zero-order valence-electron chi connectivity index (χ0n) is 12.2. The van der Waals surface area contributed by atoms with Gasteiger partial charge in [0, 0.05) is 25.7 Å². The molecule has 0 amide bonds. The van der Waals surface area contributed by atoms with E-state index in [2.05, 4.69) is 47.3 Å². The third-order valence-corrected chi connectivity index (χ3v) is 3.85. The first-order valence-corrected chi connectivity index (χ1v) is 7.65. The lowest BCUT2D eigenvalue weighted by Gasteiger charge is -2.28. The molecular formula is C13H24N4S. The van der Waals surface area contributed by atoms with Crippen LogP contribution in [0.5, 0.6) is 0 Å². The summed E-state index contributed by atoms with van der Waals surface area (Å²) in [4.78, 5) is 11.2. The lowest BCUT2D eigenvalue weighted by molar-refractivity contribution is 0.658. The van der Waals surface area contributed by atoms with E-state index in [1.165, 1.54) is 5.75 Å². The number of anilines is 2. The van der Waals surface area contributed by atoms with Crippen molar-refractivity contribution in [1.82, 2.24) is 9.97 Å². The van der Waals surface area contributed by atoms with Crippen LogP contribution in [0.2, 0.25) is 0 Å². The predicted octanol–water partition coefficient (Wildman–Crippen LogP) is 2.71. The normalized spacial score (nSPS) is 12.3. The molecule has 0 saturated carbocycles. The van der Waals surface area contributed by atoms with E-state index in [1.807, 2.05) is 25.7 Å². The first-order valence-electron chi connectivity index (χ1n) is 6.26. The molecule has 4 nitrogen and oxygen atoms in total. The highest BCUT2D eigenvalue weighted by Crippen LogP contribution is 2.24. The summed E-state index contributed by atoms with van der Waals surface area (Å²) in [6.07, 6.45) is 3.31. The molecule has 1 unspecified atom stereocenters. The lowest BCUT2D eigenvalue weighted by atomic mass is 10.2. The highest BCUT2D eigenvalue weighted by Gasteiger charge is 2.16. The molecular weight excluding hydrogens is 244 g/mol. The van der Waals surface area contributed by atoms with Gasteiger partial charge in [-0.25, -0.2) is 9.97 Å². The average Bonchev–Trinajstić information content (AvgIpc) is 2.37. The highest BCUT2D eigenvalue weighted by molar-refractivity contribution is 7.98. The van der Waals surface area contributed by atoms with Gasteiger partial charge in [0.05, 0.1) is 0 Å².